The Hall–Kier alpha value is -1.67. The molecule has 0 fully saturated rings. The first-order valence-corrected chi connectivity index (χ1v) is 4.97. The van der Waals surface area contributed by atoms with E-state index in [1.807, 2.05) is 42.5 Å². The molecule has 0 bridgehead atoms. The lowest BCUT2D eigenvalue weighted by Crippen LogP contribution is -2.26. The Morgan fingerprint density at radius 3 is 2.47 bits per heavy atom. The van der Waals surface area contributed by atoms with E-state index in [-0.39, 0.29) is 5.78 Å². The van der Waals surface area contributed by atoms with Crippen molar-refractivity contribution in [3.63, 3.8) is 0 Å². The van der Waals surface area contributed by atoms with E-state index in [1.54, 1.807) is 6.92 Å². The van der Waals surface area contributed by atoms with Gasteiger partial charge in [0.25, 0.3) is 0 Å². The minimum Gasteiger partial charge on any atom is -0.321 e. The largest absolute Gasteiger partial charge is 0.321 e. The lowest BCUT2D eigenvalue weighted by molar-refractivity contribution is 0.0968. The van der Waals surface area contributed by atoms with Gasteiger partial charge in [-0.3, -0.25) is 4.79 Å². The van der Waals surface area contributed by atoms with Crippen molar-refractivity contribution in [2.75, 3.05) is 0 Å². The molecule has 2 aromatic rings. The van der Waals surface area contributed by atoms with Crippen LogP contribution in [0.3, 0.4) is 0 Å². The summed E-state index contributed by atoms with van der Waals surface area (Å²) in [5.74, 6) is -0.0132. The number of fused-ring (bicyclic) bond motifs is 1. The summed E-state index contributed by atoms with van der Waals surface area (Å²) in [7, 11) is 0. The van der Waals surface area contributed by atoms with Crippen LogP contribution in [0, 0.1) is 0 Å². The Kier molecular flexibility index (Phi) is 2.52. The first-order valence-electron chi connectivity index (χ1n) is 4.97. The van der Waals surface area contributed by atoms with Crippen molar-refractivity contribution in [2.45, 2.75) is 13.0 Å². The number of rotatable bonds is 2. The lowest BCUT2D eigenvalue weighted by Gasteiger charge is -2.05. The standard InChI is InChI=1S/C13H13NO/c1-9(14)13(15)12-7-6-10-4-2-3-5-11(10)8-12/h2-9H,14H2,1H3/t9-/m0/s1. The minimum absolute atomic E-state index is 0.0132. The van der Waals surface area contributed by atoms with Crippen LogP contribution in [0.15, 0.2) is 42.5 Å². The van der Waals surface area contributed by atoms with Gasteiger partial charge in [-0.15, -0.1) is 0 Å². The average Bonchev–Trinajstić information content (AvgIpc) is 2.27. The molecule has 2 heteroatoms. The number of hydrogen-bond acceptors (Lipinski definition) is 2. The fourth-order valence-corrected chi connectivity index (χ4v) is 1.61. The molecule has 15 heavy (non-hydrogen) atoms. The maximum absolute atomic E-state index is 11.7. The molecule has 76 valence electrons. The molecule has 0 unspecified atom stereocenters. The Balaban J connectivity index is 2.52. The van der Waals surface area contributed by atoms with Crippen LogP contribution in [0.1, 0.15) is 17.3 Å². The molecule has 0 amide bonds. The molecular formula is C13H13NO. The van der Waals surface area contributed by atoms with Gasteiger partial charge in [-0.2, -0.15) is 0 Å². The first kappa shape index (κ1) is 9.87. The number of carbonyl (C=O) groups excluding carboxylic acids is 1. The van der Waals surface area contributed by atoms with Crippen molar-refractivity contribution < 1.29 is 4.79 Å². The quantitative estimate of drug-likeness (QED) is 0.754. The Bertz CT molecular complexity index is 503. The van der Waals surface area contributed by atoms with E-state index < -0.39 is 6.04 Å². The predicted octanol–water partition coefficient (Wildman–Crippen LogP) is 2.37. The van der Waals surface area contributed by atoms with Crippen LogP contribution < -0.4 is 5.73 Å². The van der Waals surface area contributed by atoms with E-state index >= 15 is 0 Å². The number of benzene rings is 2. The highest BCUT2D eigenvalue weighted by molar-refractivity contribution is 6.02. The van der Waals surface area contributed by atoms with Crippen molar-refractivity contribution in [1.29, 1.82) is 0 Å². The van der Waals surface area contributed by atoms with Crippen LogP contribution in [0.5, 0.6) is 0 Å². The van der Waals surface area contributed by atoms with Crippen molar-refractivity contribution in [3.8, 4) is 0 Å². The predicted molar refractivity (Wildman–Crippen MR) is 61.9 cm³/mol. The third-order valence-electron chi connectivity index (χ3n) is 2.45. The van der Waals surface area contributed by atoms with Crippen molar-refractivity contribution in [3.05, 3.63) is 48.0 Å². The van der Waals surface area contributed by atoms with Gasteiger partial charge in [0.2, 0.25) is 0 Å². The zero-order valence-corrected chi connectivity index (χ0v) is 8.60. The summed E-state index contributed by atoms with van der Waals surface area (Å²) >= 11 is 0. The summed E-state index contributed by atoms with van der Waals surface area (Å²) in [6.07, 6.45) is 0. The van der Waals surface area contributed by atoms with Crippen molar-refractivity contribution >= 4 is 16.6 Å². The van der Waals surface area contributed by atoms with Gasteiger partial charge in [0, 0.05) is 5.56 Å². The number of hydrogen-bond donors (Lipinski definition) is 1. The fourth-order valence-electron chi connectivity index (χ4n) is 1.61. The molecule has 0 aliphatic carbocycles. The maximum atomic E-state index is 11.7. The van der Waals surface area contributed by atoms with Crippen LogP contribution in [0.2, 0.25) is 0 Å². The highest BCUT2D eigenvalue weighted by Crippen LogP contribution is 2.16. The van der Waals surface area contributed by atoms with E-state index in [0.29, 0.717) is 5.56 Å². The molecule has 0 spiro atoms. The molecule has 2 nitrogen and oxygen atoms in total. The normalized spacial score (nSPS) is 12.7. The van der Waals surface area contributed by atoms with E-state index in [1.165, 1.54) is 0 Å². The molecule has 0 radical (unpaired) electrons. The topological polar surface area (TPSA) is 43.1 Å². The molecular weight excluding hydrogens is 186 g/mol. The van der Waals surface area contributed by atoms with Gasteiger partial charge >= 0.3 is 0 Å². The van der Waals surface area contributed by atoms with Gasteiger partial charge in [-0.25, -0.2) is 0 Å². The zero-order chi connectivity index (χ0) is 10.8. The van der Waals surface area contributed by atoms with Crippen molar-refractivity contribution in [1.82, 2.24) is 0 Å². The molecule has 2 aromatic carbocycles. The van der Waals surface area contributed by atoms with E-state index in [0.717, 1.165) is 10.8 Å². The van der Waals surface area contributed by atoms with Crippen LogP contribution in [-0.4, -0.2) is 11.8 Å². The zero-order valence-electron chi connectivity index (χ0n) is 8.60. The molecule has 2 N–H and O–H groups in total. The number of carbonyl (C=O) groups is 1. The number of Topliss-reactive ketones (excluding diaryl/α,β-unsaturated/α-hetero) is 1. The third-order valence-corrected chi connectivity index (χ3v) is 2.45. The van der Waals surface area contributed by atoms with Gasteiger partial charge in [0.1, 0.15) is 0 Å². The van der Waals surface area contributed by atoms with Crippen LogP contribution in [0.4, 0.5) is 0 Å². The summed E-state index contributed by atoms with van der Waals surface area (Å²) in [6, 6.07) is 13.2. The van der Waals surface area contributed by atoms with Gasteiger partial charge < -0.3 is 5.73 Å². The highest BCUT2D eigenvalue weighted by Gasteiger charge is 2.10. The molecule has 0 saturated carbocycles. The molecule has 0 aliphatic heterocycles. The summed E-state index contributed by atoms with van der Waals surface area (Å²) in [5.41, 5.74) is 6.25. The number of nitrogens with two attached hydrogens (primary N) is 1. The van der Waals surface area contributed by atoms with Gasteiger partial charge in [0.15, 0.2) is 5.78 Å². The van der Waals surface area contributed by atoms with Crippen molar-refractivity contribution in [2.24, 2.45) is 5.73 Å². The Labute approximate surface area is 88.7 Å². The first-order chi connectivity index (χ1) is 7.18. The summed E-state index contributed by atoms with van der Waals surface area (Å²) in [4.78, 5) is 11.7. The third kappa shape index (κ3) is 1.90. The second-order valence-corrected chi connectivity index (χ2v) is 3.71. The summed E-state index contributed by atoms with van der Waals surface area (Å²) in [5, 5.41) is 2.21. The van der Waals surface area contributed by atoms with Gasteiger partial charge in [-0.1, -0.05) is 36.4 Å². The highest BCUT2D eigenvalue weighted by atomic mass is 16.1. The Morgan fingerprint density at radius 2 is 1.80 bits per heavy atom. The van der Waals surface area contributed by atoms with Gasteiger partial charge in [0.05, 0.1) is 6.04 Å². The van der Waals surface area contributed by atoms with E-state index in [9.17, 15) is 4.79 Å². The van der Waals surface area contributed by atoms with E-state index in [2.05, 4.69) is 0 Å². The van der Waals surface area contributed by atoms with Crippen LogP contribution in [-0.2, 0) is 0 Å². The minimum atomic E-state index is -0.439. The van der Waals surface area contributed by atoms with Crippen LogP contribution >= 0.6 is 0 Å². The smallest absolute Gasteiger partial charge is 0.179 e. The van der Waals surface area contributed by atoms with E-state index in [4.69, 9.17) is 5.73 Å². The monoisotopic (exact) mass is 199 g/mol. The van der Waals surface area contributed by atoms with Gasteiger partial charge in [-0.05, 0) is 23.8 Å². The second kappa shape index (κ2) is 3.83. The number of ketones is 1. The fraction of sp³-hybridized carbons (Fsp3) is 0.154. The molecule has 0 heterocycles. The second-order valence-electron chi connectivity index (χ2n) is 3.71. The molecule has 0 aromatic heterocycles. The summed E-state index contributed by atoms with van der Waals surface area (Å²) < 4.78 is 0. The summed E-state index contributed by atoms with van der Waals surface area (Å²) in [6.45, 7) is 1.71. The Morgan fingerprint density at radius 1 is 1.13 bits per heavy atom. The SMILES string of the molecule is C[C@H](N)C(=O)c1ccc2ccccc2c1. The lowest BCUT2D eigenvalue weighted by atomic mass is 10.0. The van der Waals surface area contributed by atoms with Crippen LogP contribution in [0.25, 0.3) is 10.8 Å². The molecule has 1 atom stereocenters. The maximum Gasteiger partial charge on any atom is 0.179 e. The molecule has 0 saturated heterocycles. The molecule has 0 aliphatic rings. The molecule has 2 rings (SSSR count). The average molecular weight is 199 g/mol.